The van der Waals surface area contributed by atoms with E-state index in [-0.39, 0.29) is 16.5 Å². The molecule has 1 unspecified atom stereocenters. The van der Waals surface area contributed by atoms with Crippen LogP contribution in [0.15, 0.2) is 41.8 Å². The summed E-state index contributed by atoms with van der Waals surface area (Å²) in [5, 5.41) is 15.2. The average molecular weight is 469 g/mol. The normalized spacial score (nSPS) is 11.8. The van der Waals surface area contributed by atoms with Crippen molar-refractivity contribution in [1.29, 1.82) is 0 Å². The standard InChI is InChI=1S/C19H18Cl2N4O2S2/c1-28-8-6-14(22-18(26)12-5-4-11(20)9-13(12)21)19(27)23-17-10-15(24-25-17)16-3-2-7-29-16/h2-5,7,9-10,14H,6,8H2,1H3,(H,22,26)(H2,23,24,25,27). The smallest absolute Gasteiger partial charge is 0.253 e. The van der Waals surface area contributed by atoms with Gasteiger partial charge in [0.1, 0.15) is 6.04 Å². The Labute approximate surface area is 186 Å². The van der Waals surface area contributed by atoms with Crippen LogP contribution in [0.2, 0.25) is 10.0 Å². The van der Waals surface area contributed by atoms with Crippen LogP contribution < -0.4 is 10.6 Å². The number of aromatic nitrogens is 2. The fourth-order valence-corrected chi connectivity index (χ4v) is 4.23. The molecule has 2 aromatic heterocycles. The Morgan fingerprint density at radius 2 is 2.10 bits per heavy atom. The highest BCUT2D eigenvalue weighted by Gasteiger charge is 2.23. The number of anilines is 1. The Balaban J connectivity index is 1.70. The van der Waals surface area contributed by atoms with E-state index < -0.39 is 11.9 Å². The predicted molar refractivity (Wildman–Crippen MR) is 121 cm³/mol. The van der Waals surface area contributed by atoms with Gasteiger partial charge in [-0.3, -0.25) is 14.7 Å². The molecule has 0 radical (unpaired) electrons. The molecule has 0 aliphatic rings. The van der Waals surface area contributed by atoms with Crippen LogP contribution >= 0.6 is 46.3 Å². The summed E-state index contributed by atoms with van der Waals surface area (Å²) in [4.78, 5) is 26.4. The maximum Gasteiger partial charge on any atom is 0.253 e. The Morgan fingerprint density at radius 1 is 1.28 bits per heavy atom. The van der Waals surface area contributed by atoms with Gasteiger partial charge in [0.25, 0.3) is 5.91 Å². The molecule has 2 amide bonds. The number of rotatable bonds is 8. The number of nitrogens with one attached hydrogen (secondary N) is 3. The molecule has 6 nitrogen and oxygen atoms in total. The van der Waals surface area contributed by atoms with Crippen molar-refractivity contribution < 1.29 is 9.59 Å². The van der Waals surface area contributed by atoms with Gasteiger partial charge in [0, 0.05) is 11.1 Å². The maximum atomic E-state index is 12.8. The van der Waals surface area contributed by atoms with Crippen molar-refractivity contribution in [2.24, 2.45) is 0 Å². The molecule has 10 heteroatoms. The molecule has 1 atom stereocenters. The van der Waals surface area contributed by atoms with E-state index in [0.717, 1.165) is 10.6 Å². The number of halogens is 2. The molecular weight excluding hydrogens is 451 g/mol. The van der Waals surface area contributed by atoms with E-state index in [0.29, 0.717) is 23.0 Å². The Morgan fingerprint density at radius 3 is 2.79 bits per heavy atom. The van der Waals surface area contributed by atoms with Gasteiger partial charge < -0.3 is 10.6 Å². The first-order valence-electron chi connectivity index (χ1n) is 8.63. The molecule has 3 rings (SSSR count). The Hall–Kier alpha value is -2.00. The summed E-state index contributed by atoms with van der Waals surface area (Å²) in [5.74, 6) is 0.315. The van der Waals surface area contributed by atoms with E-state index >= 15 is 0 Å². The van der Waals surface area contributed by atoms with Gasteiger partial charge >= 0.3 is 0 Å². The van der Waals surface area contributed by atoms with Crippen LogP contribution in [0.4, 0.5) is 5.82 Å². The Kier molecular flexibility index (Phi) is 7.60. The van der Waals surface area contributed by atoms with Gasteiger partial charge in [0.05, 0.1) is 21.2 Å². The van der Waals surface area contributed by atoms with Crippen LogP contribution in [0, 0.1) is 0 Å². The first-order chi connectivity index (χ1) is 14.0. The molecule has 29 heavy (non-hydrogen) atoms. The molecule has 3 N–H and O–H groups in total. The van der Waals surface area contributed by atoms with Crippen LogP contribution in [-0.2, 0) is 4.79 Å². The second-order valence-corrected chi connectivity index (χ2v) is 8.84. The third-order valence-corrected chi connectivity index (χ3v) is 6.12. The zero-order valence-corrected chi connectivity index (χ0v) is 18.5. The topological polar surface area (TPSA) is 86.9 Å². The van der Waals surface area contributed by atoms with E-state index in [1.165, 1.54) is 12.1 Å². The van der Waals surface area contributed by atoms with Crippen LogP contribution in [0.3, 0.4) is 0 Å². The molecule has 0 aliphatic heterocycles. The van der Waals surface area contributed by atoms with Crippen molar-refractivity contribution in [3.63, 3.8) is 0 Å². The van der Waals surface area contributed by atoms with Crippen LogP contribution in [0.25, 0.3) is 10.6 Å². The van der Waals surface area contributed by atoms with Crippen molar-refractivity contribution in [1.82, 2.24) is 15.5 Å². The lowest BCUT2D eigenvalue weighted by molar-refractivity contribution is -0.118. The minimum Gasteiger partial charge on any atom is -0.340 e. The number of hydrogen-bond donors (Lipinski definition) is 3. The number of nitrogens with zero attached hydrogens (tertiary/aromatic N) is 1. The highest BCUT2D eigenvalue weighted by Crippen LogP contribution is 2.25. The van der Waals surface area contributed by atoms with E-state index in [1.807, 2.05) is 23.8 Å². The van der Waals surface area contributed by atoms with E-state index in [9.17, 15) is 9.59 Å². The molecule has 0 aliphatic carbocycles. The molecule has 3 aromatic rings. The highest BCUT2D eigenvalue weighted by molar-refractivity contribution is 7.98. The summed E-state index contributed by atoms with van der Waals surface area (Å²) in [6, 6.07) is 9.53. The number of thioether (sulfide) groups is 1. The number of carbonyl (C=O) groups excluding carboxylic acids is 2. The summed E-state index contributed by atoms with van der Waals surface area (Å²) < 4.78 is 0. The first-order valence-corrected chi connectivity index (χ1v) is 11.7. The minimum atomic E-state index is -0.733. The summed E-state index contributed by atoms with van der Waals surface area (Å²) in [6.45, 7) is 0. The number of thiophene rings is 1. The van der Waals surface area contributed by atoms with Crippen LogP contribution in [0.5, 0.6) is 0 Å². The summed E-state index contributed by atoms with van der Waals surface area (Å²) in [5.41, 5.74) is 1.07. The highest BCUT2D eigenvalue weighted by atomic mass is 35.5. The first kappa shape index (κ1) is 21.7. The average Bonchev–Trinajstić information content (AvgIpc) is 3.36. The van der Waals surface area contributed by atoms with E-state index in [2.05, 4.69) is 20.8 Å². The van der Waals surface area contributed by atoms with E-state index in [4.69, 9.17) is 23.2 Å². The monoisotopic (exact) mass is 468 g/mol. The van der Waals surface area contributed by atoms with E-state index in [1.54, 1.807) is 35.2 Å². The molecule has 0 fully saturated rings. The number of carbonyl (C=O) groups is 2. The lowest BCUT2D eigenvalue weighted by atomic mass is 10.1. The minimum absolute atomic E-state index is 0.229. The van der Waals surface area contributed by atoms with Crippen molar-refractivity contribution in [3.05, 3.63) is 57.4 Å². The molecule has 0 spiro atoms. The molecule has 0 saturated carbocycles. The SMILES string of the molecule is CSCCC(NC(=O)c1ccc(Cl)cc1Cl)C(=O)Nc1cc(-c2cccs2)[nH]n1. The largest absolute Gasteiger partial charge is 0.340 e. The fourth-order valence-electron chi connectivity index (χ4n) is 2.57. The molecule has 0 bridgehead atoms. The van der Waals surface area contributed by atoms with Crippen LogP contribution in [-0.4, -0.2) is 40.1 Å². The Bertz CT molecular complexity index is 992. The zero-order valence-electron chi connectivity index (χ0n) is 15.4. The van der Waals surface area contributed by atoms with Crippen molar-refractivity contribution >= 4 is 63.9 Å². The number of benzene rings is 1. The zero-order chi connectivity index (χ0) is 20.8. The summed E-state index contributed by atoms with van der Waals surface area (Å²) in [7, 11) is 0. The second-order valence-electron chi connectivity index (χ2n) is 6.07. The fraction of sp³-hybridized carbons (Fsp3) is 0.211. The van der Waals surface area contributed by atoms with Crippen molar-refractivity contribution in [2.75, 3.05) is 17.3 Å². The van der Waals surface area contributed by atoms with Gasteiger partial charge in [0.2, 0.25) is 5.91 Å². The van der Waals surface area contributed by atoms with Gasteiger partial charge in [-0.15, -0.1) is 11.3 Å². The quantitative estimate of drug-likeness (QED) is 0.437. The van der Waals surface area contributed by atoms with Crippen LogP contribution in [0.1, 0.15) is 16.8 Å². The van der Waals surface area contributed by atoms with Gasteiger partial charge in [-0.25, -0.2) is 0 Å². The number of H-pyrrole nitrogens is 1. The predicted octanol–water partition coefficient (Wildman–Crippen LogP) is 4.94. The summed E-state index contributed by atoms with van der Waals surface area (Å²) in [6.07, 6.45) is 2.40. The van der Waals surface area contributed by atoms with Gasteiger partial charge in [-0.05, 0) is 48.1 Å². The van der Waals surface area contributed by atoms with Gasteiger partial charge in [-0.2, -0.15) is 16.9 Å². The number of hydrogen-bond acceptors (Lipinski definition) is 5. The van der Waals surface area contributed by atoms with Crippen molar-refractivity contribution in [3.8, 4) is 10.6 Å². The van der Waals surface area contributed by atoms with Gasteiger partial charge in [0.15, 0.2) is 5.82 Å². The molecule has 2 heterocycles. The number of amides is 2. The third-order valence-electron chi connectivity index (χ3n) is 4.02. The lowest BCUT2D eigenvalue weighted by Gasteiger charge is -2.18. The van der Waals surface area contributed by atoms with Crippen molar-refractivity contribution in [2.45, 2.75) is 12.5 Å². The number of aromatic amines is 1. The molecular formula is C19H18Cl2N4O2S2. The third kappa shape index (κ3) is 5.76. The van der Waals surface area contributed by atoms with Gasteiger partial charge in [-0.1, -0.05) is 29.3 Å². The molecule has 152 valence electrons. The summed E-state index contributed by atoms with van der Waals surface area (Å²) >= 11 is 15.2. The maximum absolute atomic E-state index is 12.8. The lowest BCUT2D eigenvalue weighted by Crippen LogP contribution is -2.44. The second kappa shape index (κ2) is 10.2. The molecule has 0 saturated heterocycles. The molecule has 1 aromatic carbocycles.